The first-order valence-corrected chi connectivity index (χ1v) is 6.72. The Labute approximate surface area is 121 Å². The lowest BCUT2D eigenvalue weighted by Gasteiger charge is -2.14. The van der Waals surface area contributed by atoms with Crippen LogP contribution in [0.5, 0.6) is 0 Å². The number of rotatable bonds is 6. The molecule has 0 aromatic heterocycles. The quantitative estimate of drug-likeness (QED) is 0.425. The van der Waals surface area contributed by atoms with Gasteiger partial charge in [-0.25, -0.2) is 9.59 Å². The highest BCUT2D eigenvalue weighted by Crippen LogP contribution is 2.05. The minimum absolute atomic E-state index is 0.350. The maximum absolute atomic E-state index is 11.5. The Kier molecular flexibility index (Phi) is 9.87. The van der Waals surface area contributed by atoms with Gasteiger partial charge in [-0.3, -0.25) is 0 Å². The van der Waals surface area contributed by atoms with Crippen molar-refractivity contribution >= 4 is 11.9 Å². The normalized spacial score (nSPS) is 12.0. The summed E-state index contributed by atoms with van der Waals surface area (Å²) < 4.78 is 9.95. The third-order valence-electron chi connectivity index (χ3n) is 2.49. The zero-order valence-corrected chi connectivity index (χ0v) is 12.6. The lowest BCUT2D eigenvalue weighted by molar-refractivity contribution is -0.173. The Morgan fingerprint density at radius 1 is 0.850 bits per heavy atom. The van der Waals surface area contributed by atoms with E-state index in [2.05, 4.69) is 23.7 Å². The van der Waals surface area contributed by atoms with Crippen LogP contribution in [0.2, 0.25) is 0 Å². The molecule has 0 saturated carbocycles. The number of esters is 2. The highest BCUT2D eigenvalue weighted by molar-refractivity contribution is 6.29. The van der Waals surface area contributed by atoms with Crippen LogP contribution < -0.4 is 0 Å². The van der Waals surface area contributed by atoms with Gasteiger partial charge < -0.3 is 9.47 Å². The van der Waals surface area contributed by atoms with E-state index >= 15 is 0 Å². The van der Waals surface area contributed by atoms with Gasteiger partial charge in [0.25, 0.3) is 0 Å². The van der Waals surface area contributed by atoms with E-state index in [1.807, 2.05) is 0 Å². The van der Waals surface area contributed by atoms with Gasteiger partial charge in [0.2, 0.25) is 0 Å². The summed E-state index contributed by atoms with van der Waals surface area (Å²) in [5.74, 6) is 9.36. The van der Waals surface area contributed by atoms with E-state index in [1.165, 1.54) is 0 Å². The lowest BCUT2D eigenvalue weighted by Crippen LogP contribution is -2.27. The SMILES string of the molecule is CC#CCCC(C)OC(=O)C(=O)OC(C)CCC#CC. The largest absolute Gasteiger partial charge is 0.454 e. The molecule has 2 atom stereocenters. The van der Waals surface area contributed by atoms with Crippen molar-refractivity contribution in [3.8, 4) is 23.7 Å². The summed E-state index contributed by atoms with van der Waals surface area (Å²) in [7, 11) is 0. The van der Waals surface area contributed by atoms with Gasteiger partial charge in [-0.15, -0.1) is 23.7 Å². The van der Waals surface area contributed by atoms with Crippen molar-refractivity contribution < 1.29 is 19.1 Å². The number of carbonyl (C=O) groups is 2. The molecule has 0 aromatic rings. The summed E-state index contributed by atoms with van der Waals surface area (Å²) >= 11 is 0. The third-order valence-corrected chi connectivity index (χ3v) is 2.49. The van der Waals surface area contributed by atoms with Crippen molar-refractivity contribution in [1.29, 1.82) is 0 Å². The average molecular weight is 278 g/mol. The van der Waals surface area contributed by atoms with E-state index in [0.717, 1.165) is 0 Å². The molecule has 0 heterocycles. The van der Waals surface area contributed by atoms with Crippen molar-refractivity contribution in [2.45, 2.75) is 65.6 Å². The fraction of sp³-hybridized carbons (Fsp3) is 0.625. The predicted molar refractivity (Wildman–Crippen MR) is 76.5 cm³/mol. The molecular formula is C16H22O4. The fourth-order valence-electron chi connectivity index (χ4n) is 1.38. The zero-order valence-electron chi connectivity index (χ0n) is 12.6. The Morgan fingerprint density at radius 3 is 1.50 bits per heavy atom. The molecule has 4 nitrogen and oxygen atoms in total. The molecule has 0 aliphatic heterocycles. The first-order valence-electron chi connectivity index (χ1n) is 6.72. The van der Waals surface area contributed by atoms with Gasteiger partial charge in [-0.1, -0.05) is 0 Å². The Bertz CT molecular complexity index is 389. The van der Waals surface area contributed by atoms with Crippen molar-refractivity contribution in [3.05, 3.63) is 0 Å². The van der Waals surface area contributed by atoms with Gasteiger partial charge in [-0.2, -0.15) is 0 Å². The van der Waals surface area contributed by atoms with Crippen LogP contribution in [0.25, 0.3) is 0 Å². The summed E-state index contributed by atoms with van der Waals surface area (Å²) in [5.41, 5.74) is 0. The molecule has 0 saturated heterocycles. The van der Waals surface area contributed by atoms with Crippen LogP contribution in [0, 0.1) is 23.7 Å². The van der Waals surface area contributed by atoms with Gasteiger partial charge in [-0.05, 0) is 40.5 Å². The first kappa shape index (κ1) is 18.1. The lowest BCUT2D eigenvalue weighted by atomic mass is 10.2. The van der Waals surface area contributed by atoms with Gasteiger partial charge >= 0.3 is 11.9 Å². The highest BCUT2D eigenvalue weighted by atomic mass is 16.6. The Hall–Kier alpha value is -1.94. The fourth-order valence-corrected chi connectivity index (χ4v) is 1.38. The molecule has 0 amide bonds. The van der Waals surface area contributed by atoms with E-state index in [-0.39, 0.29) is 12.2 Å². The molecule has 0 aromatic carbocycles. The number of hydrogen-bond donors (Lipinski definition) is 0. The second kappa shape index (κ2) is 10.9. The molecule has 0 fully saturated rings. The molecular weight excluding hydrogens is 256 g/mol. The van der Waals surface area contributed by atoms with Crippen LogP contribution in [-0.2, 0) is 19.1 Å². The number of carbonyl (C=O) groups excluding carboxylic acids is 2. The molecule has 110 valence electrons. The van der Waals surface area contributed by atoms with Crippen molar-refractivity contribution in [3.63, 3.8) is 0 Å². The summed E-state index contributed by atoms with van der Waals surface area (Å²) in [6, 6.07) is 0. The highest BCUT2D eigenvalue weighted by Gasteiger charge is 2.22. The van der Waals surface area contributed by atoms with Crippen molar-refractivity contribution in [2.75, 3.05) is 0 Å². The second-order valence-corrected chi connectivity index (χ2v) is 4.36. The molecule has 2 unspecified atom stereocenters. The summed E-state index contributed by atoms with van der Waals surface area (Å²) in [6.45, 7) is 6.95. The summed E-state index contributed by atoms with van der Waals surface area (Å²) in [4.78, 5) is 23.0. The van der Waals surface area contributed by atoms with Gasteiger partial charge in [0.1, 0.15) is 12.2 Å². The van der Waals surface area contributed by atoms with Crippen LogP contribution in [0.15, 0.2) is 0 Å². The smallest absolute Gasteiger partial charge is 0.417 e. The van der Waals surface area contributed by atoms with E-state index in [9.17, 15) is 9.59 Å². The molecule has 0 spiro atoms. The van der Waals surface area contributed by atoms with Crippen LogP contribution >= 0.6 is 0 Å². The molecule has 0 bridgehead atoms. The van der Waals surface area contributed by atoms with Gasteiger partial charge in [0, 0.05) is 12.8 Å². The third kappa shape index (κ3) is 9.05. The number of hydrogen-bond acceptors (Lipinski definition) is 4. The summed E-state index contributed by atoms with van der Waals surface area (Å²) in [6.07, 6.45) is 1.76. The monoisotopic (exact) mass is 278 g/mol. The minimum atomic E-state index is -0.949. The van der Waals surface area contributed by atoms with Crippen LogP contribution in [0.1, 0.15) is 53.4 Å². The number of ether oxygens (including phenoxy) is 2. The van der Waals surface area contributed by atoms with E-state index in [1.54, 1.807) is 27.7 Å². The zero-order chi connectivity index (χ0) is 15.4. The Balaban J connectivity index is 4.02. The first-order chi connectivity index (χ1) is 9.51. The van der Waals surface area contributed by atoms with Gasteiger partial charge in [0.15, 0.2) is 0 Å². The predicted octanol–water partition coefficient (Wildman–Crippen LogP) is 2.46. The Morgan fingerprint density at radius 2 is 1.20 bits per heavy atom. The standard InChI is InChI=1S/C16H22O4/c1-5-7-9-11-13(3)19-15(17)16(18)20-14(4)12-10-8-6-2/h13-14H,9-12H2,1-4H3. The molecule has 0 aliphatic rings. The van der Waals surface area contributed by atoms with E-state index in [0.29, 0.717) is 25.7 Å². The second-order valence-electron chi connectivity index (χ2n) is 4.36. The van der Waals surface area contributed by atoms with E-state index in [4.69, 9.17) is 9.47 Å². The van der Waals surface area contributed by atoms with Crippen LogP contribution in [-0.4, -0.2) is 24.1 Å². The van der Waals surface area contributed by atoms with Crippen LogP contribution in [0.3, 0.4) is 0 Å². The van der Waals surface area contributed by atoms with Crippen LogP contribution in [0.4, 0.5) is 0 Å². The molecule has 0 aliphatic carbocycles. The molecule has 20 heavy (non-hydrogen) atoms. The topological polar surface area (TPSA) is 52.6 Å². The average Bonchev–Trinajstić information content (AvgIpc) is 2.39. The van der Waals surface area contributed by atoms with E-state index < -0.39 is 11.9 Å². The molecule has 4 heteroatoms. The molecule has 0 N–H and O–H groups in total. The molecule has 0 radical (unpaired) electrons. The molecule has 0 rings (SSSR count). The maximum Gasteiger partial charge on any atom is 0.417 e. The van der Waals surface area contributed by atoms with Gasteiger partial charge in [0.05, 0.1) is 0 Å². The summed E-state index contributed by atoms with van der Waals surface area (Å²) in [5, 5.41) is 0. The van der Waals surface area contributed by atoms with Crippen molar-refractivity contribution in [2.24, 2.45) is 0 Å². The minimum Gasteiger partial charge on any atom is -0.454 e. The maximum atomic E-state index is 11.5. The van der Waals surface area contributed by atoms with Crippen molar-refractivity contribution in [1.82, 2.24) is 0 Å².